The lowest BCUT2D eigenvalue weighted by molar-refractivity contribution is -0.0232. The molecule has 1 amide bonds. The number of para-hydroxylation sites is 1. The first-order valence-corrected chi connectivity index (χ1v) is 10.9. The highest BCUT2D eigenvalue weighted by Gasteiger charge is 2.49. The van der Waals surface area contributed by atoms with Crippen LogP contribution >= 0.6 is 0 Å². The lowest BCUT2D eigenvalue weighted by Crippen LogP contribution is -2.31. The average molecular weight is 471 g/mol. The van der Waals surface area contributed by atoms with Crippen LogP contribution in [0.1, 0.15) is 27.5 Å². The molecule has 8 nitrogen and oxygen atoms in total. The van der Waals surface area contributed by atoms with Gasteiger partial charge in [0.2, 0.25) is 0 Å². The molecule has 1 aliphatic rings. The van der Waals surface area contributed by atoms with Crippen molar-refractivity contribution in [3.63, 3.8) is 0 Å². The second kappa shape index (κ2) is 9.40. The summed E-state index contributed by atoms with van der Waals surface area (Å²) in [5, 5.41) is 7.68. The Bertz CT molecular complexity index is 1180. The number of nitrogens with one attached hydrogen (secondary N) is 1. The van der Waals surface area contributed by atoms with Crippen molar-refractivity contribution in [1.29, 1.82) is 0 Å². The molecule has 0 aliphatic carbocycles. The number of carbonyl (C=O) groups is 1. The molecule has 1 aliphatic heterocycles. The summed E-state index contributed by atoms with van der Waals surface area (Å²) in [6.07, 6.45) is 0. The van der Waals surface area contributed by atoms with Crippen LogP contribution in [0.3, 0.4) is 0 Å². The van der Waals surface area contributed by atoms with Gasteiger partial charge in [-0.2, -0.15) is 5.10 Å². The summed E-state index contributed by atoms with van der Waals surface area (Å²) in [6.45, 7) is 0.878. The van der Waals surface area contributed by atoms with E-state index in [4.69, 9.17) is 16.2 Å². The van der Waals surface area contributed by atoms with Gasteiger partial charge in [0.25, 0.3) is 11.8 Å². The molecule has 0 bridgehead atoms. The molecule has 5 N–H and O–H groups in total. The van der Waals surface area contributed by atoms with Gasteiger partial charge in [-0.15, -0.1) is 0 Å². The van der Waals surface area contributed by atoms with Gasteiger partial charge in [0.1, 0.15) is 28.9 Å². The van der Waals surface area contributed by atoms with E-state index in [-0.39, 0.29) is 23.6 Å². The highest BCUT2D eigenvalue weighted by molar-refractivity contribution is 6.03. The number of benzene rings is 2. The summed E-state index contributed by atoms with van der Waals surface area (Å²) >= 11 is 0. The van der Waals surface area contributed by atoms with Gasteiger partial charge in [0.15, 0.2) is 0 Å². The molecular formula is C24H28F2N6O2. The topological polar surface area (TPSA) is 111 Å². The van der Waals surface area contributed by atoms with Gasteiger partial charge >= 0.3 is 0 Å². The number of halogens is 2. The molecule has 1 atom stereocenters. The van der Waals surface area contributed by atoms with Crippen LogP contribution in [0.4, 0.5) is 14.6 Å². The number of primary amides is 1. The predicted molar refractivity (Wildman–Crippen MR) is 126 cm³/mol. The Morgan fingerprint density at radius 1 is 1.21 bits per heavy atom. The molecule has 4 rings (SSSR count). The minimum absolute atomic E-state index is 0.0487. The van der Waals surface area contributed by atoms with Crippen LogP contribution in [-0.4, -0.2) is 53.8 Å². The molecule has 1 unspecified atom stereocenters. The summed E-state index contributed by atoms with van der Waals surface area (Å²) in [5.41, 5.74) is 14.4. The van der Waals surface area contributed by atoms with E-state index in [0.717, 1.165) is 21.6 Å². The number of likely N-dealkylation sites (N-methyl/N-ethyl adjacent to an activating group) is 1. The van der Waals surface area contributed by atoms with Gasteiger partial charge in [-0.25, -0.2) is 13.5 Å². The maximum absolute atomic E-state index is 14.5. The minimum Gasteiger partial charge on any atom is -0.496 e. The SMILES string of the molecule is COc1ccccc1CNCc1ccc(-c2nn(C3CN(C)CC3(F)F)c(N)c2C(N)=O)cc1. The van der Waals surface area contributed by atoms with Crippen molar-refractivity contribution in [3.8, 4) is 17.0 Å². The number of ether oxygens (including phenoxy) is 1. The van der Waals surface area contributed by atoms with E-state index < -0.39 is 24.4 Å². The number of nitrogens with zero attached hydrogens (tertiary/aromatic N) is 3. The van der Waals surface area contributed by atoms with Crippen LogP contribution in [0.2, 0.25) is 0 Å². The van der Waals surface area contributed by atoms with Crippen molar-refractivity contribution >= 4 is 11.7 Å². The van der Waals surface area contributed by atoms with Crippen molar-refractivity contribution in [2.45, 2.75) is 25.1 Å². The maximum atomic E-state index is 14.5. The van der Waals surface area contributed by atoms with Crippen LogP contribution < -0.4 is 21.5 Å². The monoisotopic (exact) mass is 470 g/mol. The molecule has 10 heteroatoms. The lowest BCUT2D eigenvalue weighted by atomic mass is 10.0. The Morgan fingerprint density at radius 2 is 1.91 bits per heavy atom. The Hall–Kier alpha value is -3.50. The number of alkyl halides is 2. The first-order chi connectivity index (χ1) is 16.2. The number of rotatable bonds is 8. The van der Waals surface area contributed by atoms with Crippen LogP contribution in [-0.2, 0) is 13.1 Å². The summed E-state index contributed by atoms with van der Waals surface area (Å²) in [5.74, 6) is -3.17. The third kappa shape index (κ3) is 4.59. The fourth-order valence-electron chi connectivity index (χ4n) is 4.32. The van der Waals surface area contributed by atoms with E-state index in [0.29, 0.717) is 18.7 Å². The molecule has 0 radical (unpaired) electrons. The van der Waals surface area contributed by atoms with Crippen LogP contribution in [0.25, 0.3) is 11.3 Å². The summed E-state index contributed by atoms with van der Waals surface area (Å²) in [6, 6.07) is 13.8. The number of nitrogens with two attached hydrogens (primary N) is 2. The molecule has 1 aromatic heterocycles. The second-order valence-electron chi connectivity index (χ2n) is 8.50. The van der Waals surface area contributed by atoms with E-state index in [1.807, 2.05) is 36.4 Å². The van der Waals surface area contributed by atoms with E-state index >= 15 is 0 Å². The molecule has 180 valence electrons. The van der Waals surface area contributed by atoms with E-state index in [9.17, 15) is 13.6 Å². The normalized spacial score (nSPS) is 17.7. The lowest BCUT2D eigenvalue weighted by Gasteiger charge is -2.19. The van der Waals surface area contributed by atoms with Gasteiger partial charge in [-0.3, -0.25) is 9.69 Å². The van der Waals surface area contributed by atoms with Gasteiger partial charge in [0.05, 0.1) is 13.7 Å². The zero-order valence-corrected chi connectivity index (χ0v) is 19.1. The number of likely N-dealkylation sites (tertiary alicyclic amines) is 1. The number of hydrogen-bond acceptors (Lipinski definition) is 6. The summed E-state index contributed by atoms with van der Waals surface area (Å²) in [4.78, 5) is 13.6. The molecule has 3 aromatic rings. The van der Waals surface area contributed by atoms with E-state index in [2.05, 4.69) is 10.4 Å². The summed E-state index contributed by atoms with van der Waals surface area (Å²) < 4.78 is 35.5. The fraction of sp³-hybridized carbons (Fsp3) is 0.333. The Morgan fingerprint density at radius 3 is 2.53 bits per heavy atom. The van der Waals surface area contributed by atoms with Crippen molar-refractivity contribution in [1.82, 2.24) is 20.0 Å². The molecule has 34 heavy (non-hydrogen) atoms. The first kappa shape index (κ1) is 23.7. The molecular weight excluding hydrogens is 442 g/mol. The van der Waals surface area contributed by atoms with E-state index in [1.54, 1.807) is 26.3 Å². The number of amides is 1. The Labute approximate surface area is 196 Å². The number of hydrogen-bond donors (Lipinski definition) is 3. The molecule has 1 fully saturated rings. The quantitative estimate of drug-likeness (QED) is 0.467. The van der Waals surface area contributed by atoms with Gasteiger partial charge < -0.3 is 21.5 Å². The number of nitrogen functional groups attached to an aromatic ring is 1. The van der Waals surface area contributed by atoms with Gasteiger partial charge in [-0.1, -0.05) is 42.5 Å². The molecule has 2 aromatic carbocycles. The van der Waals surface area contributed by atoms with Crippen molar-refractivity contribution in [3.05, 3.63) is 65.2 Å². The average Bonchev–Trinajstić information content (AvgIpc) is 3.28. The van der Waals surface area contributed by atoms with Crippen LogP contribution in [0.15, 0.2) is 48.5 Å². The second-order valence-corrected chi connectivity index (χ2v) is 8.50. The summed E-state index contributed by atoms with van der Waals surface area (Å²) in [7, 11) is 3.24. The van der Waals surface area contributed by atoms with Gasteiger partial charge in [-0.05, 0) is 18.7 Å². The minimum atomic E-state index is -3.03. The third-order valence-electron chi connectivity index (χ3n) is 6.01. The first-order valence-electron chi connectivity index (χ1n) is 10.9. The smallest absolute Gasteiger partial charge is 0.283 e. The third-order valence-corrected chi connectivity index (χ3v) is 6.01. The molecule has 2 heterocycles. The number of anilines is 1. The molecule has 1 saturated heterocycles. The number of carbonyl (C=O) groups excluding carboxylic acids is 1. The van der Waals surface area contributed by atoms with Crippen molar-refractivity contribution in [2.24, 2.45) is 5.73 Å². The number of aromatic nitrogens is 2. The maximum Gasteiger partial charge on any atom is 0.283 e. The van der Waals surface area contributed by atoms with Crippen LogP contribution in [0.5, 0.6) is 5.75 Å². The zero-order valence-electron chi connectivity index (χ0n) is 19.1. The standard InChI is InChI=1S/C24H28F2N6O2/c1-31-13-19(24(25,26)14-31)32-22(27)20(23(28)33)21(30-32)16-9-7-15(8-10-16)11-29-12-17-5-3-4-6-18(17)34-2/h3-10,19,29H,11-14,27H2,1-2H3,(H2,28,33). The number of methoxy groups -OCH3 is 1. The molecule has 0 spiro atoms. The van der Waals surface area contributed by atoms with Crippen LogP contribution in [0, 0.1) is 0 Å². The Kier molecular flexibility index (Phi) is 6.54. The van der Waals surface area contributed by atoms with Crippen molar-refractivity contribution < 1.29 is 18.3 Å². The Balaban J connectivity index is 1.53. The van der Waals surface area contributed by atoms with Gasteiger partial charge in [0, 0.05) is 30.8 Å². The van der Waals surface area contributed by atoms with E-state index in [1.165, 1.54) is 4.90 Å². The largest absolute Gasteiger partial charge is 0.496 e. The highest BCUT2D eigenvalue weighted by atomic mass is 19.3. The van der Waals surface area contributed by atoms with Crippen molar-refractivity contribution in [2.75, 3.05) is 33.0 Å². The fourth-order valence-corrected chi connectivity index (χ4v) is 4.32. The molecule has 0 saturated carbocycles. The zero-order chi connectivity index (χ0) is 24.5. The predicted octanol–water partition coefficient (Wildman–Crippen LogP) is 2.65. The highest BCUT2D eigenvalue weighted by Crippen LogP contribution is 2.39.